The summed E-state index contributed by atoms with van der Waals surface area (Å²) in [6.07, 6.45) is 5.34. The van der Waals surface area contributed by atoms with E-state index in [4.69, 9.17) is 26.4 Å². The van der Waals surface area contributed by atoms with Gasteiger partial charge in [0, 0.05) is 18.0 Å². The molecule has 0 aliphatic carbocycles. The average Bonchev–Trinajstić information content (AvgIpc) is 3.17. The van der Waals surface area contributed by atoms with Gasteiger partial charge in [0.15, 0.2) is 0 Å². The minimum absolute atomic E-state index is 0.00735. The molecule has 3 heterocycles. The van der Waals surface area contributed by atoms with Crippen LogP contribution in [0, 0.1) is 22.1 Å². The van der Waals surface area contributed by atoms with Crippen molar-refractivity contribution in [3.8, 4) is 11.8 Å². The third-order valence-electron chi connectivity index (χ3n) is 5.02. The largest absolute Gasteiger partial charge is 0.482 e. The van der Waals surface area contributed by atoms with Crippen LogP contribution in [0.2, 0.25) is 0 Å². The highest BCUT2D eigenvalue weighted by Gasteiger charge is 2.20. The van der Waals surface area contributed by atoms with E-state index >= 15 is 0 Å². The van der Waals surface area contributed by atoms with Crippen molar-refractivity contribution in [3.05, 3.63) is 29.6 Å². The molecular weight excluding hydrogens is 382 g/mol. The number of nitrogens with two attached hydrogens (primary N) is 1. The Labute approximate surface area is 174 Å². The molecule has 156 valence electrons. The van der Waals surface area contributed by atoms with Crippen LogP contribution in [0.4, 0.5) is 0 Å². The van der Waals surface area contributed by atoms with Gasteiger partial charge in [-0.05, 0) is 45.8 Å². The minimum Gasteiger partial charge on any atom is -0.482 e. The monoisotopic (exact) mass is 407 g/mol. The Morgan fingerprint density at radius 1 is 1.50 bits per heavy atom. The van der Waals surface area contributed by atoms with Crippen molar-refractivity contribution < 1.29 is 4.74 Å². The summed E-state index contributed by atoms with van der Waals surface area (Å²) in [4.78, 5) is 4.80. The lowest BCUT2D eigenvalue weighted by Gasteiger charge is -2.20. The molecule has 3 rings (SSSR count). The Morgan fingerprint density at radius 2 is 2.23 bits per heavy atom. The van der Waals surface area contributed by atoms with Gasteiger partial charge in [-0.3, -0.25) is 10.4 Å². The fourth-order valence-corrected chi connectivity index (χ4v) is 3.40. The summed E-state index contributed by atoms with van der Waals surface area (Å²) in [5.41, 5.74) is 2.68. The van der Waals surface area contributed by atoms with Crippen LogP contribution in [0.25, 0.3) is 5.52 Å². The number of aromatic nitrogens is 2. The summed E-state index contributed by atoms with van der Waals surface area (Å²) in [6.45, 7) is 5.40. The minimum atomic E-state index is -0.675. The topological polar surface area (TPSA) is 161 Å². The zero-order valence-corrected chi connectivity index (χ0v) is 17.0. The highest BCUT2D eigenvalue weighted by atomic mass is 16.5. The van der Waals surface area contributed by atoms with E-state index in [1.807, 2.05) is 6.92 Å². The number of hydrazone groups is 1. The first-order valence-corrected chi connectivity index (χ1v) is 9.69. The summed E-state index contributed by atoms with van der Waals surface area (Å²) in [5.74, 6) is 6.07. The molecule has 1 atom stereocenters. The second-order valence-electron chi connectivity index (χ2n) is 7.09. The predicted octanol–water partition coefficient (Wildman–Crippen LogP) is 1.52. The molecule has 2 aromatic heterocycles. The number of nitriles is 1. The summed E-state index contributed by atoms with van der Waals surface area (Å²) >= 11 is 0. The van der Waals surface area contributed by atoms with Crippen molar-refractivity contribution >= 4 is 28.9 Å². The van der Waals surface area contributed by atoms with Crippen LogP contribution in [0.3, 0.4) is 0 Å². The Bertz CT molecular complexity index is 1050. The number of fused-ring (bicyclic) bond motifs is 1. The van der Waals surface area contributed by atoms with Gasteiger partial charge in [-0.1, -0.05) is 0 Å². The first-order chi connectivity index (χ1) is 14.5. The second-order valence-corrected chi connectivity index (χ2v) is 7.09. The second kappa shape index (κ2) is 9.28. The molecule has 0 amide bonds. The highest BCUT2D eigenvalue weighted by Crippen LogP contribution is 2.27. The van der Waals surface area contributed by atoms with E-state index in [1.165, 1.54) is 10.7 Å². The zero-order chi connectivity index (χ0) is 21.7. The van der Waals surface area contributed by atoms with Crippen LogP contribution >= 0.6 is 0 Å². The van der Waals surface area contributed by atoms with Gasteiger partial charge in [0.25, 0.3) is 0 Å². The molecule has 0 radical (unpaired) electrons. The number of rotatable bonds is 7. The molecule has 0 bridgehead atoms. The quantitative estimate of drug-likeness (QED) is 0.310. The van der Waals surface area contributed by atoms with Gasteiger partial charge in [0.05, 0.1) is 23.7 Å². The maximum absolute atomic E-state index is 9.43. The van der Waals surface area contributed by atoms with Crippen molar-refractivity contribution in [2.24, 2.45) is 15.9 Å². The number of aliphatic imine (C=N–C) groups is 1. The highest BCUT2D eigenvalue weighted by molar-refractivity contribution is 6.47. The molecule has 1 saturated heterocycles. The molecule has 10 heteroatoms. The van der Waals surface area contributed by atoms with Crippen LogP contribution in [0.15, 0.2) is 28.6 Å². The van der Waals surface area contributed by atoms with Gasteiger partial charge in [-0.2, -0.15) is 15.5 Å². The van der Waals surface area contributed by atoms with Crippen molar-refractivity contribution in [1.29, 1.82) is 16.1 Å². The van der Waals surface area contributed by atoms with E-state index in [-0.39, 0.29) is 11.8 Å². The number of hydrogen-bond donors (Lipinski definition) is 4. The van der Waals surface area contributed by atoms with Crippen molar-refractivity contribution in [2.45, 2.75) is 38.8 Å². The van der Waals surface area contributed by atoms with Gasteiger partial charge in [-0.15, -0.1) is 0 Å². The Balaban J connectivity index is 2.04. The van der Waals surface area contributed by atoms with E-state index in [9.17, 15) is 5.26 Å². The number of nitrogens with zero attached hydrogens (tertiary/aromatic N) is 5. The molecule has 10 nitrogen and oxygen atoms in total. The smallest absolute Gasteiger partial charge is 0.148 e. The Kier molecular flexibility index (Phi) is 6.54. The van der Waals surface area contributed by atoms with Crippen molar-refractivity contribution in [2.75, 3.05) is 13.1 Å². The third kappa shape index (κ3) is 4.36. The Hall–Kier alpha value is -3.58. The van der Waals surface area contributed by atoms with E-state index in [0.29, 0.717) is 33.8 Å². The first kappa shape index (κ1) is 21.1. The van der Waals surface area contributed by atoms with Crippen LogP contribution in [-0.2, 0) is 0 Å². The summed E-state index contributed by atoms with van der Waals surface area (Å²) < 4.78 is 7.45. The SMILES string of the molecule is CC(=NC1CCNCC1)/C(=N\N)c1cc(OC(C)C(=N)C=N)c2c(C#N)cnn2c1. The molecule has 1 fully saturated rings. The van der Waals surface area contributed by atoms with Crippen LogP contribution < -0.4 is 15.9 Å². The van der Waals surface area contributed by atoms with E-state index in [2.05, 4.69) is 21.6 Å². The lowest BCUT2D eigenvalue weighted by Crippen LogP contribution is -2.31. The lowest BCUT2D eigenvalue weighted by molar-refractivity contribution is 0.290. The molecule has 0 saturated carbocycles. The lowest BCUT2D eigenvalue weighted by atomic mass is 10.0. The maximum Gasteiger partial charge on any atom is 0.148 e. The summed E-state index contributed by atoms with van der Waals surface area (Å²) in [7, 11) is 0. The molecule has 0 spiro atoms. The molecule has 1 aliphatic heterocycles. The molecule has 1 aliphatic rings. The fraction of sp³-hybridized carbons (Fsp3) is 0.400. The van der Waals surface area contributed by atoms with Gasteiger partial charge in [0.1, 0.15) is 34.7 Å². The van der Waals surface area contributed by atoms with Crippen molar-refractivity contribution in [1.82, 2.24) is 14.9 Å². The van der Waals surface area contributed by atoms with E-state index in [0.717, 1.165) is 32.1 Å². The summed E-state index contributed by atoms with van der Waals surface area (Å²) in [5, 5.41) is 36.1. The standard InChI is InChI=1S/C20H25N9O/c1-12(27-16-3-5-25-6-4-16)19(28-24)14-7-18(30-13(2)17(23)9-22)20-15(8-21)10-26-29(20)11-14/h7,9-11,13,16,22-23,25H,3-6,24H2,1-2H3/b22-9?,23-17?,27-12?,28-19+. The van der Waals surface area contributed by atoms with Gasteiger partial charge in [-0.25, -0.2) is 4.52 Å². The molecule has 1 unspecified atom stereocenters. The van der Waals surface area contributed by atoms with Gasteiger partial charge < -0.3 is 21.3 Å². The summed E-state index contributed by atoms with van der Waals surface area (Å²) in [6, 6.07) is 4.03. The average molecular weight is 407 g/mol. The normalized spacial score (nSPS) is 16.8. The number of ether oxygens (including phenoxy) is 1. The first-order valence-electron chi connectivity index (χ1n) is 9.69. The van der Waals surface area contributed by atoms with Crippen LogP contribution in [0.1, 0.15) is 37.8 Å². The number of nitrogens with one attached hydrogen (secondary N) is 3. The molecule has 30 heavy (non-hydrogen) atoms. The van der Waals surface area contributed by atoms with Crippen LogP contribution in [0.5, 0.6) is 5.75 Å². The Morgan fingerprint density at radius 3 is 2.87 bits per heavy atom. The molecule has 2 aromatic rings. The van der Waals surface area contributed by atoms with E-state index < -0.39 is 6.10 Å². The van der Waals surface area contributed by atoms with Crippen molar-refractivity contribution in [3.63, 3.8) is 0 Å². The number of pyridine rings is 1. The number of hydrogen-bond acceptors (Lipinski definition) is 9. The predicted molar refractivity (Wildman–Crippen MR) is 116 cm³/mol. The molecule has 5 N–H and O–H groups in total. The molecule has 0 aromatic carbocycles. The maximum atomic E-state index is 9.43. The fourth-order valence-electron chi connectivity index (χ4n) is 3.40. The zero-order valence-electron chi connectivity index (χ0n) is 17.0. The van der Waals surface area contributed by atoms with Gasteiger partial charge >= 0.3 is 0 Å². The van der Waals surface area contributed by atoms with E-state index in [1.54, 1.807) is 19.2 Å². The molecular formula is C20H25N9O. The van der Waals surface area contributed by atoms with Crippen LogP contribution in [-0.4, -0.2) is 58.2 Å². The number of piperidine rings is 1. The third-order valence-corrected chi connectivity index (χ3v) is 5.02. The van der Waals surface area contributed by atoms with Gasteiger partial charge in [0.2, 0.25) is 0 Å².